The van der Waals surface area contributed by atoms with Crippen molar-refractivity contribution in [3.05, 3.63) is 34.2 Å². The molecular formula is C10H9BrCl2N2O2. The minimum absolute atomic E-state index is 0. The van der Waals surface area contributed by atoms with Crippen LogP contribution in [0.4, 0.5) is 0 Å². The third kappa shape index (κ3) is 2.91. The molecule has 0 fully saturated rings. The molecule has 2 rings (SSSR count). The van der Waals surface area contributed by atoms with Crippen molar-refractivity contribution in [2.45, 2.75) is 6.92 Å². The number of ether oxygens (including phenoxy) is 1. The molecule has 92 valence electrons. The summed E-state index contributed by atoms with van der Waals surface area (Å²) in [7, 11) is 0. The number of halogens is 3. The first kappa shape index (κ1) is 14.3. The molecule has 2 aromatic heterocycles. The number of esters is 1. The molecule has 0 N–H and O–H groups in total. The average molecular weight is 340 g/mol. The molecule has 0 bridgehead atoms. The topological polar surface area (TPSA) is 43.6 Å². The molecule has 0 aromatic carbocycles. The van der Waals surface area contributed by atoms with Gasteiger partial charge in [-0.05, 0) is 13.0 Å². The zero-order valence-electron chi connectivity index (χ0n) is 8.81. The van der Waals surface area contributed by atoms with Crippen molar-refractivity contribution in [1.29, 1.82) is 0 Å². The van der Waals surface area contributed by atoms with Gasteiger partial charge in [-0.3, -0.25) is 0 Å². The minimum Gasteiger partial charge on any atom is -0.461 e. The van der Waals surface area contributed by atoms with E-state index in [1.54, 1.807) is 23.6 Å². The summed E-state index contributed by atoms with van der Waals surface area (Å²) in [6.45, 7) is 2.04. The number of carbonyl (C=O) groups excluding carboxylic acids is 1. The molecule has 0 amide bonds. The number of nitrogens with zero attached hydrogens (tertiary/aromatic N) is 2. The first-order valence-corrected chi connectivity index (χ1v) is 5.38. The molecule has 0 aliphatic heterocycles. The van der Waals surface area contributed by atoms with Gasteiger partial charge in [0.25, 0.3) is 0 Å². The number of rotatable bonds is 2. The van der Waals surface area contributed by atoms with Gasteiger partial charge in [0.2, 0.25) is 0 Å². The Labute approximate surface area is 118 Å². The van der Waals surface area contributed by atoms with Crippen molar-refractivity contribution >= 4 is 51.8 Å². The first-order chi connectivity index (χ1) is 7.61. The quantitative estimate of drug-likeness (QED) is 0.787. The van der Waals surface area contributed by atoms with E-state index in [1.807, 2.05) is 0 Å². The Balaban J connectivity index is 0.00000144. The van der Waals surface area contributed by atoms with E-state index in [2.05, 4.69) is 4.98 Å². The Kier molecular flexibility index (Phi) is 4.80. The Bertz CT molecular complexity index is 556. The molecule has 0 spiro atoms. The fourth-order valence-corrected chi connectivity index (χ4v) is 1.86. The van der Waals surface area contributed by atoms with E-state index < -0.39 is 5.97 Å². The maximum absolute atomic E-state index is 11.4. The smallest absolute Gasteiger partial charge is 0.358 e. The molecular weight excluding hydrogens is 331 g/mol. The Morgan fingerprint density at radius 2 is 2.18 bits per heavy atom. The van der Waals surface area contributed by atoms with Gasteiger partial charge in [-0.2, -0.15) is 0 Å². The van der Waals surface area contributed by atoms with Crippen LogP contribution in [0.3, 0.4) is 0 Å². The Morgan fingerprint density at radius 1 is 1.47 bits per heavy atom. The van der Waals surface area contributed by atoms with Crippen molar-refractivity contribution in [1.82, 2.24) is 9.38 Å². The van der Waals surface area contributed by atoms with Crippen molar-refractivity contribution in [3.63, 3.8) is 0 Å². The average Bonchev–Trinajstić information content (AvgIpc) is 2.62. The van der Waals surface area contributed by atoms with Crippen LogP contribution in [0.25, 0.3) is 5.65 Å². The number of aromatic nitrogens is 2. The molecule has 0 aliphatic rings. The van der Waals surface area contributed by atoms with Gasteiger partial charge in [0, 0.05) is 12.4 Å². The lowest BCUT2D eigenvalue weighted by molar-refractivity contribution is 0.0520. The number of hydrogen-bond acceptors (Lipinski definition) is 3. The lowest BCUT2D eigenvalue weighted by Crippen LogP contribution is -2.04. The fraction of sp³-hybridized carbons (Fsp3) is 0.200. The van der Waals surface area contributed by atoms with E-state index in [0.29, 0.717) is 22.3 Å². The molecule has 7 heteroatoms. The minimum atomic E-state index is -0.474. The van der Waals surface area contributed by atoms with Gasteiger partial charge in [-0.15, -0.1) is 17.0 Å². The highest BCUT2D eigenvalue weighted by atomic mass is 79.9. The van der Waals surface area contributed by atoms with E-state index in [1.165, 1.54) is 6.20 Å². The van der Waals surface area contributed by atoms with Gasteiger partial charge >= 0.3 is 5.97 Å². The van der Waals surface area contributed by atoms with Crippen LogP contribution in [0.15, 0.2) is 18.5 Å². The van der Waals surface area contributed by atoms with Crippen LogP contribution in [0, 0.1) is 0 Å². The molecule has 4 nitrogen and oxygen atoms in total. The molecule has 0 radical (unpaired) electrons. The van der Waals surface area contributed by atoms with Gasteiger partial charge in [0.1, 0.15) is 0 Å². The van der Waals surface area contributed by atoms with Crippen LogP contribution < -0.4 is 0 Å². The zero-order valence-corrected chi connectivity index (χ0v) is 12.0. The van der Waals surface area contributed by atoms with Gasteiger partial charge in [-0.1, -0.05) is 23.2 Å². The highest BCUT2D eigenvalue weighted by molar-refractivity contribution is 8.93. The van der Waals surface area contributed by atoms with Gasteiger partial charge in [0.05, 0.1) is 16.7 Å². The van der Waals surface area contributed by atoms with Crippen LogP contribution in [0.1, 0.15) is 17.4 Å². The monoisotopic (exact) mass is 338 g/mol. The van der Waals surface area contributed by atoms with Crippen LogP contribution in [-0.2, 0) is 4.74 Å². The maximum Gasteiger partial charge on any atom is 0.358 e. The molecule has 0 saturated carbocycles. The van der Waals surface area contributed by atoms with Crippen molar-refractivity contribution < 1.29 is 9.53 Å². The Hall–Kier alpha value is -0.780. The molecule has 2 aromatic rings. The van der Waals surface area contributed by atoms with Crippen LogP contribution in [0.2, 0.25) is 10.0 Å². The predicted molar refractivity (Wildman–Crippen MR) is 71.5 cm³/mol. The van der Waals surface area contributed by atoms with Crippen molar-refractivity contribution in [3.8, 4) is 0 Å². The third-order valence-electron chi connectivity index (χ3n) is 1.96. The summed E-state index contributed by atoms with van der Waals surface area (Å²) in [5.74, 6) is -0.474. The number of carbonyl (C=O) groups is 1. The van der Waals surface area contributed by atoms with Crippen LogP contribution >= 0.6 is 40.2 Å². The summed E-state index contributed by atoms with van der Waals surface area (Å²) in [5, 5.41) is 0.869. The largest absolute Gasteiger partial charge is 0.461 e. The second kappa shape index (κ2) is 5.71. The summed E-state index contributed by atoms with van der Waals surface area (Å²) in [6.07, 6.45) is 3.16. The zero-order chi connectivity index (χ0) is 11.7. The van der Waals surface area contributed by atoms with E-state index in [-0.39, 0.29) is 22.7 Å². The normalized spacial score (nSPS) is 10.1. The highest BCUT2D eigenvalue weighted by Crippen LogP contribution is 2.21. The summed E-state index contributed by atoms with van der Waals surface area (Å²) in [5.41, 5.74) is 0.695. The number of pyridine rings is 1. The number of fused-ring (bicyclic) bond motifs is 1. The number of imidazole rings is 1. The molecule has 0 aliphatic carbocycles. The van der Waals surface area contributed by atoms with Gasteiger partial charge in [-0.25, -0.2) is 9.78 Å². The van der Waals surface area contributed by atoms with E-state index in [9.17, 15) is 4.79 Å². The van der Waals surface area contributed by atoms with Crippen molar-refractivity contribution in [2.75, 3.05) is 6.61 Å². The standard InChI is InChI=1S/C10H8Cl2N2O2.BrH/c1-2-16-10(15)8-5-14-4-6(11)3-7(12)9(14)13-8;/h3-5H,2H2,1H3;1H. The maximum atomic E-state index is 11.4. The second-order valence-corrected chi connectivity index (χ2v) is 3.93. The predicted octanol–water partition coefficient (Wildman–Crippen LogP) is 3.40. The van der Waals surface area contributed by atoms with Crippen LogP contribution in [0.5, 0.6) is 0 Å². The van der Waals surface area contributed by atoms with E-state index in [0.717, 1.165) is 0 Å². The fourth-order valence-electron chi connectivity index (χ4n) is 1.33. The molecule has 0 atom stereocenters. The van der Waals surface area contributed by atoms with E-state index >= 15 is 0 Å². The molecule has 2 heterocycles. The third-order valence-corrected chi connectivity index (χ3v) is 2.44. The number of hydrogen-bond donors (Lipinski definition) is 0. The summed E-state index contributed by atoms with van der Waals surface area (Å²) < 4.78 is 6.43. The van der Waals surface area contributed by atoms with Gasteiger partial charge < -0.3 is 9.14 Å². The van der Waals surface area contributed by atoms with E-state index in [4.69, 9.17) is 27.9 Å². The molecule has 17 heavy (non-hydrogen) atoms. The first-order valence-electron chi connectivity index (χ1n) is 4.62. The van der Waals surface area contributed by atoms with Crippen LogP contribution in [-0.4, -0.2) is 22.0 Å². The highest BCUT2D eigenvalue weighted by Gasteiger charge is 2.13. The Morgan fingerprint density at radius 3 is 2.82 bits per heavy atom. The lowest BCUT2D eigenvalue weighted by Gasteiger charge is -1.95. The second-order valence-electron chi connectivity index (χ2n) is 3.08. The summed E-state index contributed by atoms with van der Waals surface area (Å²) in [4.78, 5) is 15.5. The lowest BCUT2D eigenvalue weighted by atomic mass is 10.5. The summed E-state index contributed by atoms with van der Waals surface area (Å²) >= 11 is 11.8. The molecule has 0 saturated heterocycles. The summed E-state index contributed by atoms with van der Waals surface area (Å²) in [6, 6.07) is 1.57. The van der Waals surface area contributed by atoms with Gasteiger partial charge in [0.15, 0.2) is 11.3 Å². The molecule has 0 unspecified atom stereocenters. The SMILES string of the molecule is Br.CCOC(=O)c1cn2cc(Cl)cc(Cl)c2n1. The van der Waals surface area contributed by atoms with Crippen molar-refractivity contribution in [2.24, 2.45) is 0 Å².